The minimum absolute atomic E-state index is 0.0294. The molecule has 22 heavy (non-hydrogen) atoms. The van der Waals surface area contributed by atoms with Gasteiger partial charge < -0.3 is 19.5 Å². The van der Waals surface area contributed by atoms with Crippen molar-refractivity contribution in [2.45, 2.75) is 26.3 Å². The van der Waals surface area contributed by atoms with E-state index >= 15 is 0 Å². The molecule has 0 aromatic heterocycles. The van der Waals surface area contributed by atoms with E-state index in [0.29, 0.717) is 11.5 Å². The number of rotatable bonds is 7. The van der Waals surface area contributed by atoms with Crippen LogP contribution in [0.15, 0.2) is 12.1 Å². The molecule has 7 heteroatoms. The van der Waals surface area contributed by atoms with Crippen LogP contribution in [-0.4, -0.2) is 38.7 Å². The van der Waals surface area contributed by atoms with Gasteiger partial charge in [0.1, 0.15) is 0 Å². The number of nitrogens with one attached hydrogen (secondary N) is 1. The van der Waals surface area contributed by atoms with E-state index in [1.165, 1.54) is 26.4 Å². The van der Waals surface area contributed by atoms with Gasteiger partial charge in [0, 0.05) is 6.04 Å². The fraction of sp³-hybridized carbons (Fsp3) is 0.467. The van der Waals surface area contributed by atoms with Crippen LogP contribution in [0.1, 0.15) is 30.6 Å². The second-order valence-electron chi connectivity index (χ2n) is 4.65. The van der Waals surface area contributed by atoms with E-state index in [2.05, 4.69) is 5.32 Å². The van der Waals surface area contributed by atoms with E-state index in [4.69, 9.17) is 25.8 Å². The molecule has 1 atom stereocenters. The Morgan fingerprint density at radius 1 is 1.27 bits per heavy atom. The average molecular weight is 330 g/mol. The zero-order valence-electron chi connectivity index (χ0n) is 13.1. The maximum Gasteiger partial charge on any atom is 0.338 e. The lowest BCUT2D eigenvalue weighted by molar-refractivity contribution is -0.124. The number of halogens is 1. The summed E-state index contributed by atoms with van der Waals surface area (Å²) >= 11 is 6.02. The van der Waals surface area contributed by atoms with Gasteiger partial charge in [0.05, 0.1) is 24.8 Å². The van der Waals surface area contributed by atoms with Crippen LogP contribution in [0.2, 0.25) is 5.02 Å². The number of benzene rings is 1. The van der Waals surface area contributed by atoms with Gasteiger partial charge in [-0.2, -0.15) is 0 Å². The first-order chi connectivity index (χ1) is 10.4. The Kier molecular flexibility index (Phi) is 6.98. The maximum absolute atomic E-state index is 12.0. The van der Waals surface area contributed by atoms with E-state index in [9.17, 15) is 9.59 Å². The number of ether oxygens (including phenoxy) is 3. The molecule has 0 aliphatic carbocycles. The molecule has 1 unspecified atom stereocenters. The van der Waals surface area contributed by atoms with Crippen LogP contribution in [0, 0.1) is 0 Å². The molecule has 1 rings (SSSR count). The van der Waals surface area contributed by atoms with Gasteiger partial charge in [0.15, 0.2) is 18.1 Å². The van der Waals surface area contributed by atoms with Gasteiger partial charge in [-0.05, 0) is 25.5 Å². The largest absolute Gasteiger partial charge is 0.493 e. The van der Waals surface area contributed by atoms with E-state index < -0.39 is 5.97 Å². The Hall–Kier alpha value is -1.95. The van der Waals surface area contributed by atoms with Gasteiger partial charge >= 0.3 is 5.97 Å². The highest BCUT2D eigenvalue weighted by atomic mass is 35.5. The van der Waals surface area contributed by atoms with Crippen LogP contribution in [0.4, 0.5) is 0 Å². The molecule has 1 aromatic rings. The molecule has 0 aliphatic heterocycles. The van der Waals surface area contributed by atoms with E-state index in [1.807, 2.05) is 13.8 Å². The molecule has 0 saturated carbocycles. The Morgan fingerprint density at radius 2 is 1.95 bits per heavy atom. The predicted octanol–water partition coefficient (Wildman–Crippen LogP) is 2.43. The van der Waals surface area contributed by atoms with Crippen molar-refractivity contribution < 1.29 is 23.8 Å². The van der Waals surface area contributed by atoms with Gasteiger partial charge in [0.2, 0.25) is 0 Å². The molecule has 0 saturated heterocycles. The van der Waals surface area contributed by atoms with Gasteiger partial charge in [-0.3, -0.25) is 4.79 Å². The van der Waals surface area contributed by atoms with Gasteiger partial charge in [-0.15, -0.1) is 0 Å². The zero-order chi connectivity index (χ0) is 16.7. The molecular weight excluding hydrogens is 310 g/mol. The highest BCUT2D eigenvalue weighted by Crippen LogP contribution is 2.36. The molecule has 0 spiro atoms. The lowest BCUT2D eigenvalue weighted by Crippen LogP contribution is -2.35. The minimum atomic E-state index is -0.665. The summed E-state index contributed by atoms with van der Waals surface area (Å²) in [5.41, 5.74) is 0.180. The van der Waals surface area contributed by atoms with Crippen LogP contribution in [0.3, 0.4) is 0 Å². The van der Waals surface area contributed by atoms with Crippen molar-refractivity contribution in [2.24, 2.45) is 0 Å². The Morgan fingerprint density at radius 3 is 2.50 bits per heavy atom. The summed E-state index contributed by atoms with van der Waals surface area (Å²) < 4.78 is 15.1. The number of amides is 1. The standard InChI is InChI=1S/C15H20ClNO5/c1-5-9(2)17-13(18)8-22-15(19)10-6-11(16)14(21-4)12(7-10)20-3/h6-7,9H,5,8H2,1-4H3,(H,17,18). The highest BCUT2D eigenvalue weighted by molar-refractivity contribution is 6.32. The lowest BCUT2D eigenvalue weighted by atomic mass is 10.2. The number of hydrogen-bond donors (Lipinski definition) is 1. The lowest BCUT2D eigenvalue weighted by Gasteiger charge is -2.13. The number of carbonyl (C=O) groups excluding carboxylic acids is 2. The quantitative estimate of drug-likeness (QED) is 0.778. The molecule has 1 N–H and O–H groups in total. The smallest absolute Gasteiger partial charge is 0.338 e. The van der Waals surface area contributed by atoms with Gasteiger partial charge in [-0.25, -0.2) is 4.79 Å². The summed E-state index contributed by atoms with van der Waals surface area (Å²) in [5.74, 6) is -0.377. The first-order valence-corrected chi connectivity index (χ1v) is 7.18. The molecule has 122 valence electrons. The Labute approximate surface area is 134 Å². The average Bonchev–Trinajstić information content (AvgIpc) is 2.51. The second kappa shape index (κ2) is 8.48. The third-order valence-electron chi connectivity index (χ3n) is 3.02. The summed E-state index contributed by atoms with van der Waals surface area (Å²) in [6, 6.07) is 2.87. The van der Waals surface area contributed by atoms with Crippen LogP contribution < -0.4 is 14.8 Å². The van der Waals surface area contributed by atoms with E-state index in [-0.39, 0.29) is 29.1 Å². The third kappa shape index (κ3) is 4.80. The molecular formula is C15H20ClNO5. The van der Waals surface area contributed by atoms with Crippen molar-refractivity contribution in [1.82, 2.24) is 5.32 Å². The molecule has 0 fully saturated rings. The highest BCUT2D eigenvalue weighted by Gasteiger charge is 2.17. The molecule has 0 heterocycles. The molecule has 6 nitrogen and oxygen atoms in total. The summed E-state index contributed by atoms with van der Waals surface area (Å²) in [7, 11) is 2.88. The minimum Gasteiger partial charge on any atom is -0.493 e. The summed E-state index contributed by atoms with van der Waals surface area (Å²) in [5, 5.41) is 2.92. The van der Waals surface area contributed by atoms with E-state index in [0.717, 1.165) is 6.42 Å². The van der Waals surface area contributed by atoms with Crippen molar-refractivity contribution in [3.8, 4) is 11.5 Å². The monoisotopic (exact) mass is 329 g/mol. The molecule has 0 bridgehead atoms. The van der Waals surface area contributed by atoms with Gasteiger partial charge in [-0.1, -0.05) is 18.5 Å². The fourth-order valence-corrected chi connectivity index (χ4v) is 1.96. The third-order valence-corrected chi connectivity index (χ3v) is 3.30. The molecule has 1 aromatic carbocycles. The van der Waals surface area contributed by atoms with Crippen LogP contribution >= 0.6 is 11.6 Å². The molecule has 0 radical (unpaired) electrons. The fourth-order valence-electron chi connectivity index (χ4n) is 1.67. The number of carbonyl (C=O) groups is 2. The first-order valence-electron chi connectivity index (χ1n) is 6.80. The summed E-state index contributed by atoms with van der Waals surface area (Å²) in [4.78, 5) is 23.5. The normalized spacial score (nSPS) is 11.5. The van der Waals surface area contributed by atoms with Crippen LogP contribution in [0.25, 0.3) is 0 Å². The number of methoxy groups -OCH3 is 2. The summed E-state index contributed by atoms with van der Waals surface area (Å²) in [6.45, 7) is 3.46. The molecule has 0 aliphatic rings. The number of esters is 1. The topological polar surface area (TPSA) is 73.9 Å². The van der Waals surface area contributed by atoms with Crippen molar-refractivity contribution in [2.75, 3.05) is 20.8 Å². The Balaban J connectivity index is 2.74. The molecule has 1 amide bonds. The van der Waals surface area contributed by atoms with Crippen LogP contribution in [0.5, 0.6) is 11.5 Å². The van der Waals surface area contributed by atoms with Crippen LogP contribution in [-0.2, 0) is 9.53 Å². The number of hydrogen-bond acceptors (Lipinski definition) is 5. The zero-order valence-corrected chi connectivity index (χ0v) is 13.8. The van der Waals surface area contributed by atoms with Gasteiger partial charge in [0.25, 0.3) is 5.91 Å². The van der Waals surface area contributed by atoms with Crippen molar-refractivity contribution in [3.63, 3.8) is 0 Å². The van der Waals surface area contributed by atoms with Crippen molar-refractivity contribution in [1.29, 1.82) is 0 Å². The Bertz CT molecular complexity index is 547. The second-order valence-corrected chi connectivity index (χ2v) is 5.05. The maximum atomic E-state index is 12.0. The first kappa shape index (κ1) is 18.1. The van der Waals surface area contributed by atoms with E-state index in [1.54, 1.807) is 0 Å². The van der Waals surface area contributed by atoms with Crippen molar-refractivity contribution in [3.05, 3.63) is 22.7 Å². The predicted molar refractivity (Wildman–Crippen MR) is 82.7 cm³/mol. The van der Waals surface area contributed by atoms with Crippen molar-refractivity contribution >= 4 is 23.5 Å². The SMILES string of the molecule is CCC(C)NC(=O)COC(=O)c1cc(Cl)c(OC)c(OC)c1. The summed E-state index contributed by atoms with van der Waals surface area (Å²) in [6.07, 6.45) is 0.797.